The first-order valence-corrected chi connectivity index (χ1v) is 23.1. The summed E-state index contributed by atoms with van der Waals surface area (Å²) in [4.78, 5) is 33.9. The molecule has 0 aliphatic carbocycles. The molecule has 0 aliphatic heterocycles. The summed E-state index contributed by atoms with van der Waals surface area (Å²) in [5.41, 5.74) is 0. The number of aliphatic hydroxyl groups excluding tert-OH is 1. The van der Waals surface area contributed by atoms with Crippen molar-refractivity contribution in [1.82, 2.24) is 5.32 Å². The van der Waals surface area contributed by atoms with Crippen LogP contribution >= 0.6 is 7.82 Å². The van der Waals surface area contributed by atoms with E-state index in [0.717, 1.165) is 77.0 Å². The SMILES string of the molecule is CC/C=C\C/C=C\C/C=C\C/C=C\C/C=C\CCCC(=O)NCCOP(=O)(O)OCC(O)COC(=O)CCCCCCCCC/C=C\C/C=C\CCCCCC. The van der Waals surface area contributed by atoms with Gasteiger partial charge in [0.05, 0.1) is 13.2 Å². The summed E-state index contributed by atoms with van der Waals surface area (Å²) in [6.45, 7) is 3.32. The van der Waals surface area contributed by atoms with E-state index in [0.29, 0.717) is 12.8 Å². The number of hydrogen-bond donors (Lipinski definition) is 3. The summed E-state index contributed by atoms with van der Waals surface area (Å²) < 4.78 is 26.8. The van der Waals surface area contributed by atoms with Crippen molar-refractivity contribution < 1.29 is 37.9 Å². The van der Waals surface area contributed by atoms with E-state index in [4.69, 9.17) is 13.8 Å². The van der Waals surface area contributed by atoms with Crippen LogP contribution in [-0.4, -0.2) is 54.3 Å². The minimum atomic E-state index is -4.44. The van der Waals surface area contributed by atoms with Gasteiger partial charge in [-0.1, -0.05) is 150 Å². The van der Waals surface area contributed by atoms with E-state index in [-0.39, 0.29) is 32.1 Å². The fourth-order valence-corrected chi connectivity index (χ4v) is 6.08. The summed E-state index contributed by atoms with van der Waals surface area (Å²) in [5, 5.41) is 12.7. The lowest BCUT2D eigenvalue weighted by molar-refractivity contribution is -0.147. The summed E-state index contributed by atoms with van der Waals surface area (Å²) in [7, 11) is -4.44. The fraction of sp³-hybridized carbons (Fsp3) is 0.652. The van der Waals surface area contributed by atoms with Crippen LogP contribution in [-0.2, 0) is 27.9 Å². The lowest BCUT2D eigenvalue weighted by atomic mass is 10.1. The van der Waals surface area contributed by atoms with Crippen LogP contribution < -0.4 is 5.32 Å². The van der Waals surface area contributed by atoms with E-state index in [1.807, 2.05) is 0 Å². The van der Waals surface area contributed by atoms with Crippen molar-refractivity contribution in [1.29, 1.82) is 0 Å². The monoisotopic (exact) mass is 804 g/mol. The Hall–Kier alpha value is -2.81. The highest BCUT2D eigenvalue weighted by Gasteiger charge is 2.23. The molecule has 3 N–H and O–H groups in total. The van der Waals surface area contributed by atoms with E-state index < -0.39 is 26.5 Å². The van der Waals surface area contributed by atoms with Crippen LogP contribution in [0.2, 0.25) is 0 Å². The number of carbonyl (C=O) groups is 2. The number of phosphoric acid groups is 1. The molecule has 2 unspecified atom stereocenters. The highest BCUT2D eigenvalue weighted by Crippen LogP contribution is 2.42. The van der Waals surface area contributed by atoms with Crippen molar-refractivity contribution >= 4 is 19.7 Å². The van der Waals surface area contributed by atoms with Crippen LogP contribution in [0.3, 0.4) is 0 Å². The Morgan fingerprint density at radius 1 is 0.571 bits per heavy atom. The first-order valence-electron chi connectivity index (χ1n) is 21.6. The molecule has 1 amide bonds. The molecule has 0 bridgehead atoms. The standard InChI is InChI=1S/C46H78NO8P/c1-3-5-7-9-11-13-15-17-19-21-23-25-27-29-31-33-35-37-39-46(50)53-42-44(48)43-55-56(51,52)54-41-40-47-45(49)38-36-34-32-30-28-26-24-22-20-18-16-14-12-10-8-6-4-2/h6,8,12-15,18-21,24,26,30,32,44,48H,3-5,7,9-11,16-17,22-23,25,27-29,31,33-43H2,1-2H3,(H,47,49)(H,51,52)/b8-6-,14-12-,15-13-,20-18-,21-19-,26-24-,32-30-. The molecule has 0 aliphatic rings. The topological polar surface area (TPSA) is 131 Å². The molecule has 0 saturated heterocycles. The van der Waals surface area contributed by atoms with Gasteiger partial charge in [0.15, 0.2) is 0 Å². The largest absolute Gasteiger partial charge is 0.472 e. The van der Waals surface area contributed by atoms with E-state index >= 15 is 0 Å². The van der Waals surface area contributed by atoms with Gasteiger partial charge in [0, 0.05) is 19.4 Å². The number of aliphatic hydroxyl groups is 1. The van der Waals surface area contributed by atoms with Crippen molar-refractivity contribution in [2.45, 2.75) is 168 Å². The number of hydrogen-bond acceptors (Lipinski definition) is 7. The van der Waals surface area contributed by atoms with Crippen molar-refractivity contribution in [3.63, 3.8) is 0 Å². The Morgan fingerprint density at radius 2 is 1.04 bits per heavy atom. The molecule has 0 radical (unpaired) electrons. The van der Waals surface area contributed by atoms with Crippen LogP contribution in [0.15, 0.2) is 85.1 Å². The zero-order chi connectivity index (χ0) is 41.1. The van der Waals surface area contributed by atoms with Crippen molar-refractivity contribution in [2.24, 2.45) is 0 Å². The number of esters is 1. The van der Waals surface area contributed by atoms with E-state index in [9.17, 15) is 24.2 Å². The summed E-state index contributed by atoms with van der Waals surface area (Å²) >= 11 is 0. The van der Waals surface area contributed by atoms with Gasteiger partial charge in [-0.25, -0.2) is 4.57 Å². The van der Waals surface area contributed by atoms with Gasteiger partial charge >= 0.3 is 13.8 Å². The Balaban J connectivity index is 3.71. The van der Waals surface area contributed by atoms with Gasteiger partial charge in [-0.2, -0.15) is 0 Å². The van der Waals surface area contributed by atoms with Crippen molar-refractivity contribution in [2.75, 3.05) is 26.4 Å². The predicted octanol–water partition coefficient (Wildman–Crippen LogP) is 12.0. The van der Waals surface area contributed by atoms with Crippen LogP contribution in [0.5, 0.6) is 0 Å². The number of carbonyl (C=O) groups excluding carboxylic acids is 2. The minimum Gasteiger partial charge on any atom is -0.463 e. The molecule has 320 valence electrons. The highest BCUT2D eigenvalue weighted by molar-refractivity contribution is 7.47. The molecule has 0 aromatic heterocycles. The Kier molecular flexibility index (Phi) is 39.7. The quantitative estimate of drug-likeness (QED) is 0.0242. The second-order valence-corrected chi connectivity index (χ2v) is 15.4. The fourth-order valence-electron chi connectivity index (χ4n) is 5.33. The number of unbranched alkanes of at least 4 members (excludes halogenated alkanes) is 12. The number of amides is 1. The van der Waals surface area contributed by atoms with Gasteiger partial charge in [-0.3, -0.25) is 18.6 Å². The van der Waals surface area contributed by atoms with Gasteiger partial charge < -0.3 is 20.1 Å². The molecule has 0 aromatic carbocycles. The highest BCUT2D eigenvalue weighted by atomic mass is 31.2. The smallest absolute Gasteiger partial charge is 0.463 e. The third-order valence-corrected chi connectivity index (χ3v) is 9.54. The predicted molar refractivity (Wildman–Crippen MR) is 233 cm³/mol. The first-order chi connectivity index (χ1) is 27.3. The van der Waals surface area contributed by atoms with Gasteiger partial charge in [-0.15, -0.1) is 0 Å². The normalized spacial score (nSPS) is 14.1. The third kappa shape index (κ3) is 42.3. The second-order valence-electron chi connectivity index (χ2n) is 13.9. The lowest BCUT2D eigenvalue weighted by Gasteiger charge is -2.15. The molecule has 0 aromatic rings. The molecule has 10 heteroatoms. The first kappa shape index (κ1) is 53.2. The molecular weight excluding hydrogens is 725 g/mol. The summed E-state index contributed by atoms with van der Waals surface area (Å²) in [6, 6.07) is 0. The van der Waals surface area contributed by atoms with Crippen LogP contribution in [0.1, 0.15) is 162 Å². The molecule has 0 rings (SSSR count). The maximum absolute atomic E-state index is 12.1. The maximum Gasteiger partial charge on any atom is 0.472 e. The maximum atomic E-state index is 12.1. The third-order valence-electron chi connectivity index (χ3n) is 8.56. The summed E-state index contributed by atoms with van der Waals surface area (Å²) in [5.74, 6) is -0.590. The van der Waals surface area contributed by atoms with Crippen LogP contribution in [0, 0.1) is 0 Å². The average Bonchev–Trinajstić information content (AvgIpc) is 3.18. The summed E-state index contributed by atoms with van der Waals surface area (Å²) in [6.07, 6.45) is 52.3. The number of phosphoric ester groups is 1. The number of nitrogens with one attached hydrogen (secondary N) is 1. The molecule has 0 saturated carbocycles. The van der Waals surface area contributed by atoms with E-state index in [2.05, 4.69) is 104 Å². The molecule has 0 spiro atoms. The Bertz CT molecular complexity index is 1190. The lowest BCUT2D eigenvalue weighted by Crippen LogP contribution is -2.27. The van der Waals surface area contributed by atoms with E-state index in [1.54, 1.807) is 0 Å². The Morgan fingerprint density at radius 3 is 1.57 bits per heavy atom. The zero-order valence-corrected chi connectivity index (χ0v) is 35.9. The Labute approximate surface area is 341 Å². The second kappa shape index (κ2) is 41.8. The molecule has 9 nitrogen and oxygen atoms in total. The van der Waals surface area contributed by atoms with Gasteiger partial charge in [0.25, 0.3) is 0 Å². The van der Waals surface area contributed by atoms with Crippen molar-refractivity contribution in [3.05, 3.63) is 85.1 Å². The van der Waals surface area contributed by atoms with Gasteiger partial charge in [0.1, 0.15) is 12.7 Å². The minimum absolute atomic E-state index is 0.0454. The number of allylic oxidation sites excluding steroid dienone is 14. The molecule has 0 fully saturated rings. The molecule has 2 atom stereocenters. The molecule has 56 heavy (non-hydrogen) atoms. The van der Waals surface area contributed by atoms with Gasteiger partial charge in [0.2, 0.25) is 5.91 Å². The average molecular weight is 804 g/mol. The van der Waals surface area contributed by atoms with Crippen molar-refractivity contribution in [3.8, 4) is 0 Å². The zero-order valence-electron chi connectivity index (χ0n) is 35.0. The van der Waals surface area contributed by atoms with Gasteiger partial charge in [-0.05, 0) is 83.5 Å². The number of ether oxygens (including phenoxy) is 1. The molecule has 0 heterocycles. The molecular formula is C46H78NO8P. The van der Waals surface area contributed by atoms with E-state index in [1.165, 1.54) is 51.4 Å². The number of rotatable bonds is 39. The van der Waals surface area contributed by atoms with Crippen LogP contribution in [0.25, 0.3) is 0 Å². The van der Waals surface area contributed by atoms with Crippen LogP contribution in [0.4, 0.5) is 0 Å².